The molecule has 0 radical (unpaired) electrons. The van der Waals surface area contributed by atoms with Crippen LogP contribution in [0.25, 0.3) is 0 Å². The third kappa shape index (κ3) is 2.62. The maximum absolute atomic E-state index is 10.8. The van der Waals surface area contributed by atoms with Crippen molar-refractivity contribution in [1.82, 2.24) is 0 Å². The molecule has 0 spiro atoms. The number of nitrogens with zero attached hydrogens (tertiary/aromatic N) is 1. The van der Waals surface area contributed by atoms with Crippen molar-refractivity contribution in [3.05, 3.63) is 23.8 Å². The standard InChI is InChI=1S/C14H17NO4/c1-17-11-3-4-12(13(9-11)18-2)14(15-10-16)5-7-19-8-6-14/h3-4,9H,5-8H2,1-2H3. The average Bonchev–Trinajstić information content (AvgIpc) is 2.47. The zero-order valence-corrected chi connectivity index (χ0v) is 11.1. The summed E-state index contributed by atoms with van der Waals surface area (Å²) in [4.78, 5) is 14.8. The van der Waals surface area contributed by atoms with Gasteiger partial charge in [0.05, 0.1) is 14.2 Å². The van der Waals surface area contributed by atoms with Gasteiger partial charge in [0.25, 0.3) is 0 Å². The van der Waals surface area contributed by atoms with E-state index in [2.05, 4.69) is 4.99 Å². The van der Waals surface area contributed by atoms with E-state index < -0.39 is 5.54 Å². The van der Waals surface area contributed by atoms with Crippen molar-refractivity contribution in [2.75, 3.05) is 27.4 Å². The molecular weight excluding hydrogens is 246 g/mol. The monoisotopic (exact) mass is 263 g/mol. The molecule has 1 aromatic carbocycles. The summed E-state index contributed by atoms with van der Waals surface area (Å²) in [5, 5.41) is 0. The van der Waals surface area contributed by atoms with Crippen LogP contribution in [0.1, 0.15) is 18.4 Å². The molecule has 1 saturated heterocycles. The molecular formula is C14H17NO4. The Labute approximate surface area is 112 Å². The molecule has 0 aliphatic carbocycles. The SMILES string of the molecule is COc1ccc(C2(N=C=O)CCOCC2)c(OC)c1. The lowest BCUT2D eigenvalue weighted by Gasteiger charge is -2.33. The van der Waals surface area contributed by atoms with Gasteiger partial charge in [0.2, 0.25) is 6.08 Å². The van der Waals surface area contributed by atoms with Crippen LogP contribution < -0.4 is 9.47 Å². The third-order valence-electron chi connectivity index (χ3n) is 3.49. The van der Waals surface area contributed by atoms with Crippen LogP contribution in [-0.4, -0.2) is 33.5 Å². The topological polar surface area (TPSA) is 57.1 Å². The van der Waals surface area contributed by atoms with E-state index in [0.29, 0.717) is 37.6 Å². The van der Waals surface area contributed by atoms with Gasteiger partial charge in [-0.1, -0.05) is 0 Å². The second-order valence-electron chi connectivity index (χ2n) is 4.41. The zero-order chi connectivity index (χ0) is 13.7. The summed E-state index contributed by atoms with van der Waals surface area (Å²) in [7, 11) is 3.19. The molecule has 5 nitrogen and oxygen atoms in total. The largest absolute Gasteiger partial charge is 0.497 e. The molecule has 0 amide bonds. The highest BCUT2D eigenvalue weighted by Gasteiger charge is 2.37. The van der Waals surface area contributed by atoms with E-state index in [1.165, 1.54) is 0 Å². The molecule has 19 heavy (non-hydrogen) atoms. The Morgan fingerprint density at radius 1 is 1.26 bits per heavy atom. The van der Waals surface area contributed by atoms with Crippen LogP contribution >= 0.6 is 0 Å². The molecule has 1 aromatic rings. The van der Waals surface area contributed by atoms with Crippen molar-refractivity contribution >= 4 is 6.08 Å². The molecule has 0 unspecified atom stereocenters. The predicted octanol–water partition coefficient (Wildman–Crippen LogP) is 2.05. The molecule has 1 aliphatic heterocycles. The smallest absolute Gasteiger partial charge is 0.235 e. The number of rotatable bonds is 4. The van der Waals surface area contributed by atoms with Gasteiger partial charge in [-0.3, -0.25) is 0 Å². The number of aliphatic imine (C=N–C) groups is 1. The van der Waals surface area contributed by atoms with Crippen LogP contribution in [0.5, 0.6) is 11.5 Å². The first kappa shape index (κ1) is 13.6. The van der Waals surface area contributed by atoms with E-state index in [1.807, 2.05) is 12.1 Å². The van der Waals surface area contributed by atoms with E-state index >= 15 is 0 Å². The fourth-order valence-corrected chi connectivity index (χ4v) is 2.42. The lowest BCUT2D eigenvalue weighted by molar-refractivity contribution is 0.0523. The predicted molar refractivity (Wildman–Crippen MR) is 69.4 cm³/mol. The van der Waals surface area contributed by atoms with Crippen LogP contribution in [0, 0.1) is 0 Å². The van der Waals surface area contributed by atoms with Gasteiger partial charge in [-0.25, -0.2) is 4.79 Å². The van der Waals surface area contributed by atoms with Gasteiger partial charge in [-0.2, -0.15) is 4.99 Å². The highest BCUT2D eigenvalue weighted by atomic mass is 16.5. The van der Waals surface area contributed by atoms with E-state index in [-0.39, 0.29) is 0 Å². The average molecular weight is 263 g/mol. The van der Waals surface area contributed by atoms with E-state index in [1.54, 1.807) is 26.4 Å². The van der Waals surface area contributed by atoms with Gasteiger partial charge < -0.3 is 14.2 Å². The normalized spacial score (nSPS) is 17.4. The Morgan fingerprint density at radius 2 is 2.00 bits per heavy atom. The fraction of sp³-hybridized carbons (Fsp3) is 0.500. The van der Waals surface area contributed by atoms with Gasteiger partial charge in [0.1, 0.15) is 17.0 Å². The highest BCUT2D eigenvalue weighted by molar-refractivity contribution is 5.47. The summed E-state index contributed by atoms with van der Waals surface area (Å²) < 4.78 is 15.9. The maximum atomic E-state index is 10.8. The second kappa shape index (κ2) is 5.87. The van der Waals surface area contributed by atoms with Gasteiger partial charge in [-0.05, 0) is 12.1 Å². The summed E-state index contributed by atoms with van der Waals surface area (Å²) in [6.07, 6.45) is 2.98. The van der Waals surface area contributed by atoms with E-state index in [0.717, 1.165) is 5.56 Å². The van der Waals surface area contributed by atoms with Gasteiger partial charge in [0.15, 0.2) is 0 Å². The quantitative estimate of drug-likeness (QED) is 0.616. The van der Waals surface area contributed by atoms with Gasteiger partial charge >= 0.3 is 0 Å². The zero-order valence-electron chi connectivity index (χ0n) is 11.1. The second-order valence-corrected chi connectivity index (χ2v) is 4.41. The van der Waals surface area contributed by atoms with Crippen molar-refractivity contribution in [1.29, 1.82) is 0 Å². The van der Waals surface area contributed by atoms with E-state index in [4.69, 9.17) is 14.2 Å². The molecule has 1 aliphatic rings. The van der Waals surface area contributed by atoms with Crippen LogP contribution in [-0.2, 0) is 15.1 Å². The molecule has 0 saturated carbocycles. The first-order valence-corrected chi connectivity index (χ1v) is 6.15. The third-order valence-corrected chi connectivity index (χ3v) is 3.49. The highest BCUT2D eigenvalue weighted by Crippen LogP contribution is 2.42. The maximum Gasteiger partial charge on any atom is 0.235 e. The minimum absolute atomic E-state index is 0.570. The Hall–Kier alpha value is -1.84. The van der Waals surface area contributed by atoms with Gasteiger partial charge in [-0.15, -0.1) is 0 Å². The van der Waals surface area contributed by atoms with Crippen molar-refractivity contribution in [3.63, 3.8) is 0 Å². The number of methoxy groups -OCH3 is 2. The number of hydrogen-bond acceptors (Lipinski definition) is 5. The number of hydrogen-bond donors (Lipinski definition) is 0. The van der Waals surface area contributed by atoms with Crippen LogP contribution in [0.3, 0.4) is 0 Å². The molecule has 1 heterocycles. The first-order valence-electron chi connectivity index (χ1n) is 6.15. The van der Waals surface area contributed by atoms with Crippen molar-refractivity contribution in [2.45, 2.75) is 18.4 Å². The summed E-state index contributed by atoms with van der Waals surface area (Å²) in [6.45, 7) is 1.14. The lowest BCUT2D eigenvalue weighted by Crippen LogP contribution is -2.32. The van der Waals surface area contributed by atoms with Crippen molar-refractivity contribution in [2.24, 2.45) is 4.99 Å². The first-order chi connectivity index (χ1) is 9.25. The van der Waals surface area contributed by atoms with Crippen molar-refractivity contribution in [3.8, 4) is 11.5 Å². The van der Waals surface area contributed by atoms with Crippen LogP contribution in [0.4, 0.5) is 0 Å². The Bertz CT molecular complexity index is 488. The molecule has 0 atom stereocenters. The number of isocyanates is 1. The molecule has 1 fully saturated rings. The Balaban J connectivity index is 2.49. The molecule has 0 aromatic heterocycles. The number of ether oxygens (including phenoxy) is 3. The Kier molecular flexibility index (Phi) is 4.20. The van der Waals surface area contributed by atoms with Crippen molar-refractivity contribution < 1.29 is 19.0 Å². The van der Waals surface area contributed by atoms with Gasteiger partial charge in [0, 0.05) is 37.7 Å². The molecule has 0 bridgehead atoms. The molecule has 0 N–H and O–H groups in total. The number of carbonyl (C=O) groups excluding carboxylic acids is 1. The molecule has 5 heteroatoms. The minimum Gasteiger partial charge on any atom is -0.497 e. The molecule has 102 valence electrons. The summed E-state index contributed by atoms with van der Waals surface area (Å²) >= 11 is 0. The summed E-state index contributed by atoms with van der Waals surface area (Å²) in [5.74, 6) is 1.37. The lowest BCUT2D eigenvalue weighted by atomic mass is 9.82. The fourth-order valence-electron chi connectivity index (χ4n) is 2.42. The molecule has 2 rings (SSSR count). The minimum atomic E-state index is -0.600. The Morgan fingerprint density at radius 3 is 2.58 bits per heavy atom. The van der Waals surface area contributed by atoms with E-state index in [9.17, 15) is 4.79 Å². The summed E-state index contributed by atoms with van der Waals surface area (Å²) in [6, 6.07) is 5.53. The number of benzene rings is 1. The summed E-state index contributed by atoms with van der Waals surface area (Å²) in [5.41, 5.74) is 0.278. The van der Waals surface area contributed by atoms with Crippen LogP contribution in [0.15, 0.2) is 23.2 Å². The van der Waals surface area contributed by atoms with Crippen LogP contribution in [0.2, 0.25) is 0 Å².